The van der Waals surface area contributed by atoms with Gasteiger partial charge in [0.05, 0.1) is 17.5 Å². The van der Waals surface area contributed by atoms with E-state index in [9.17, 15) is 13.2 Å². The second-order valence-electron chi connectivity index (χ2n) is 6.88. The Morgan fingerprint density at radius 1 is 1.28 bits per heavy atom. The predicted octanol–water partition coefficient (Wildman–Crippen LogP) is 2.14. The van der Waals surface area contributed by atoms with Gasteiger partial charge in [-0.3, -0.25) is 9.79 Å². The van der Waals surface area contributed by atoms with Gasteiger partial charge in [-0.25, -0.2) is 8.42 Å². The highest BCUT2D eigenvalue weighted by molar-refractivity contribution is 8.15. The maximum absolute atomic E-state index is 12.1. The maximum Gasteiger partial charge on any atom is 0.251 e. The van der Waals surface area contributed by atoms with Crippen LogP contribution in [-0.4, -0.2) is 48.8 Å². The van der Waals surface area contributed by atoms with Crippen LogP contribution in [-0.2, 0) is 9.84 Å². The van der Waals surface area contributed by atoms with Crippen LogP contribution in [0.3, 0.4) is 0 Å². The number of nitrogens with zero attached hydrogens (tertiary/aromatic N) is 1. The summed E-state index contributed by atoms with van der Waals surface area (Å²) in [6.45, 7) is 4.93. The summed E-state index contributed by atoms with van der Waals surface area (Å²) in [4.78, 5) is 16.5. The molecule has 3 rings (SSSR count). The summed E-state index contributed by atoms with van der Waals surface area (Å²) in [5.41, 5.74) is 1.46. The van der Waals surface area contributed by atoms with Gasteiger partial charge in [-0.05, 0) is 36.6 Å². The van der Waals surface area contributed by atoms with Crippen molar-refractivity contribution in [3.05, 3.63) is 29.8 Å². The van der Waals surface area contributed by atoms with E-state index in [0.717, 1.165) is 17.3 Å². The van der Waals surface area contributed by atoms with Gasteiger partial charge in [0, 0.05) is 23.0 Å². The molecule has 2 N–H and O–H groups in total. The smallest absolute Gasteiger partial charge is 0.251 e. The van der Waals surface area contributed by atoms with Crippen LogP contribution in [0.1, 0.15) is 30.6 Å². The predicted molar refractivity (Wildman–Crippen MR) is 103 cm³/mol. The van der Waals surface area contributed by atoms with Crippen molar-refractivity contribution >= 4 is 38.4 Å². The van der Waals surface area contributed by atoms with Crippen LogP contribution in [0.5, 0.6) is 0 Å². The number of rotatable bonds is 5. The van der Waals surface area contributed by atoms with Crippen molar-refractivity contribution in [3.63, 3.8) is 0 Å². The molecule has 6 nitrogen and oxygen atoms in total. The number of hydrogen-bond acceptors (Lipinski definition) is 6. The number of sulfone groups is 1. The molecule has 1 amide bonds. The van der Waals surface area contributed by atoms with E-state index >= 15 is 0 Å². The molecule has 8 heteroatoms. The van der Waals surface area contributed by atoms with Crippen LogP contribution < -0.4 is 10.6 Å². The molecule has 1 fully saturated rings. The Kier molecular flexibility index (Phi) is 5.38. The molecular formula is C17H23N3O3S2. The fraction of sp³-hybridized carbons (Fsp3) is 0.529. The van der Waals surface area contributed by atoms with Gasteiger partial charge < -0.3 is 10.6 Å². The Hall–Kier alpha value is -1.54. The highest BCUT2D eigenvalue weighted by Gasteiger charge is 2.42. The highest BCUT2D eigenvalue weighted by Crippen LogP contribution is 2.34. The third kappa shape index (κ3) is 4.76. The molecule has 1 aromatic rings. The average molecular weight is 382 g/mol. The van der Waals surface area contributed by atoms with Crippen LogP contribution in [0.4, 0.5) is 5.69 Å². The molecule has 25 heavy (non-hydrogen) atoms. The van der Waals surface area contributed by atoms with E-state index in [0.29, 0.717) is 18.0 Å². The lowest BCUT2D eigenvalue weighted by Gasteiger charge is -2.09. The number of carbonyl (C=O) groups excluding carboxylic acids is 1. The molecule has 0 unspecified atom stereocenters. The quantitative estimate of drug-likeness (QED) is 0.816. The number of benzene rings is 1. The van der Waals surface area contributed by atoms with E-state index in [-0.39, 0.29) is 28.7 Å². The Labute approximate surface area is 152 Å². The van der Waals surface area contributed by atoms with Crippen molar-refractivity contribution in [2.24, 2.45) is 10.9 Å². The Balaban J connectivity index is 1.54. The fourth-order valence-corrected chi connectivity index (χ4v) is 6.50. The second kappa shape index (κ2) is 7.37. The standard InChI is InChI=1S/C17H23N3O3S2/c1-11(2)7-8-18-16(21)12-3-5-13(6-4-12)19-17-20-14-9-25(22,23)10-15(14)24-17/h3-6,11,14-15H,7-10H2,1-2H3,(H,18,21)(H,19,20)/t14-,15+/m0/s1. The van der Waals surface area contributed by atoms with E-state index in [1.807, 2.05) is 12.1 Å². The summed E-state index contributed by atoms with van der Waals surface area (Å²) in [5, 5.41) is 6.90. The molecular weight excluding hydrogens is 358 g/mol. The van der Waals surface area contributed by atoms with Gasteiger partial charge in [-0.15, -0.1) is 0 Å². The minimum Gasteiger partial charge on any atom is -0.352 e. The molecule has 0 spiro atoms. The number of hydrogen-bond donors (Lipinski definition) is 2. The first-order chi connectivity index (χ1) is 11.8. The van der Waals surface area contributed by atoms with Crippen LogP contribution in [0.2, 0.25) is 0 Å². The third-order valence-electron chi connectivity index (χ3n) is 4.22. The zero-order chi connectivity index (χ0) is 18.0. The van der Waals surface area contributed by atoms with Crippen LogP contribution in [0.15, 0.2) is 29.3 Å². The Bertz CT molecular complexity index is 773. The summed E-state index contributed by atoms with van der Waals surface area (Å²) in [6, 6.07) is 7.09. The molecule has 0 radical (unpaired) electrons. The first kappa shape index (κ1) is 18.3. The summed E-state index contributed by atoms with van der Waals surface area (Å²) in [6.07, 6.45) is 0.959. The number of fused-ring (bicyclic) bond motifs is 1. The summed E-state index contributed by atoms with van der Waals surface area (Å²) < 4.78 is 23.2. The van der Waals surface area contributed by atoms with Gasteiger partial charge in [0.25, 0.3) is 5.91 Å². The topological polar surface area (TPSA) is 87.6 Å². The number of amidine groups is 1. The third-order valence-corrected chi connectivity index (χ3v) is 7.37. The van der Waals surface area contributed by atoms with Gasteiger partial charge >= 0.3 is 0 Å². The molecule has 0 bridgehead atoms. The van der Waals surface area contributed by atoms with Crippen molar-refractivity contribution in [3.8, 4) is 0 Å². The van der Waals surface area contributed by atoms with Gasteiger partial charge in [0.1, 0.15) is 0 Å². The number of carbonyl (C=O) groups is 1. The van der Waals surface area contributed by atoms with E-state index in [1.165, 1.54) is 11.8 Å². The number of aliphatic imine (C=N–C) groups is 1. The lowest BCUT2D eigenvalue weighted by molar-refractivity contribution is 0.0952. The van der Waals surface area contributed by atoms with Gasteiger partial charge in [0.2, 0.25) is 0 Å². The molecule has 1 aromatic carbocycles. The minimum absolute atomic E-state index is 0.0264. The monoisotopic (exact) mass is 381 g/mol. The second-order valence-corrected chi connectivity index (χ2v) is 10.3. The van der Waals surface area contributed by atoms with Crippen molar-refractivity contribution < 1.29 is 13.2 Å². The van der Waals surface area contributed by atoms with Gasteiger partial charge in [0.15, 0.2) is 15.0 Å². The molecule has 0 aliphatic carbocycles. The molecule has 0 aromatic heterocycles. The van der Waals surface area contributed by atoms with Gasteiger partial charge in [-0.1, -0.05) is 25.6 Å². The van der Waals surface area contributed by atoms with Crippen molar-refractivity contribution in [1.82, 2.24) is 5.32 Å². The fourth-order valence-electron chi connectivity index (χ4n) is 2.82. The summed E-state index contributed by atoms with van der Waals surface area (Å²) in [7, 11) is -2.93. The van der Waals surface area contributed by atoms with Crippen LogP contribution in [0.25, 0.3) is 0 Å². The molecule has 2 heterocycles. The van der Waals surface area contributed by atoms with Crippen LogP contribution in [0, 0.1) is 5.92 Å². The molecule has 136 valence electrons. The van der Waals surface area contributed by atoms with Crippen LogP contribution >= 0.6 is 11.8 Å². The number of anilines is 1. The SMILES string of the molecule is CC(C)CCNC(=O)c1ccc(NC2=N[C@H]3CS(=O)(=O)C[C@H]3S2)cc1. The van der Waals surface area contributed by atoms with E-state index < -0.39 is 9.84 Å². The van der Waals surface area contributed by atoms with E-state index in [4.69, 9.17) is 0 Å². The molecule has 0 saturated carbocycles. The first-order valence-corrected chi connectivity index (χ1v) is 11.1. The molecule has 1 saturated heterocycles. The number of nitrogens with one attached hydrogen (secondary N) is 2. The molecule has 2 aliphatic heterocycles. The lowest BCUT2D eigenvalue weighted by Crippen LogP contribution is -2.25. The van der Waals surface area contributed by atoms with E-state index in [2.05, 4.69) is 29.5 Å². The van der Waals surface area contributed by atoms with Crippen molar-refractivity contribution in [1.29, 1.82) is 0 Å². The zero-order valence-electron chi connectivity index (χ0n) is 14.4. The Morgan fingerprint density at radius 2 is 2.00 bits per heavy atom. The first-order valence-electron chi connectivity index (χ1n) is 8.42. The van der Waals surface area contributed by atoms with Gasteiger partial charge in [-0.2, -0.15) is 0 Å². The Morgan fingerprint density at radius 3 is 2.64 bits per heavy atom. The summed E-state index contributed by atoms with van der Waals surface area (Å²) >= 11 is 1.48. The van der Waals surface area contributed by atoms with Crippen molar-refractivity contribution in [2.45, 2.75) is 31.6 Å². The number of amides is 1. The lowest BCUT2D eigenvalue weighted by atomic mass is 10.1. The maximum atomic E-state index is 12.1. The van der Waals surface area contributed by atoms with Crippen molar-refractivity contribution in [2.75, 3.05) is 23.4 Å². The zero-order valence-corrected chi connectivity index (χ0v) is 16.0. The summed E-state index contributed by atoms with van der Waals surface area (Å²) in [5.74, 6) is 0.836. The highest BCUT2D eigenvalue weighted by atomic mass is 32.2. The number of thioether (sulfide) groups is 1. The average Bonchev–Trinajstić information content (AvgIpc) is 3.00. The normalized spacial score (nSPS) is 24.0. The van der Waals surface area contributed by atoms with E-state index in [1.54, 1.807) is 12.1 Å². The largest absolute Gasteiger partial charge is 0.352 e. The minimum atomic E-state index is -2.93. The molecule has 2 atom stereocenters. The molecule has 2 aliphatic rings.